The van der Waals surface area contributed by atoms with Crippen LogP contribution in [0.3, 0.4) is 0 Å². The Balaban J connectivity index is 1.77. The SMILES string of the molecule is CCc1ccc(CN(C)C(=O)c2cc(S(=O)(=O)N3CCCC3)cn2C)cc1. The van der Waals surface area contributed by atoms with Crippen molar-refractivity contribution >= 4 is 15.9 Å². The van der Waals surface area contributed by atoms with Crippen molar-refractivity contribution in [2.75, 3.05) is 20.1 Å². The Hall–Kier alpha value is -2.12. The van der Waals surface area contributed by atoms with Gasteiger partial charge in [0.1, 0.15) is 10.6 Å². The molecule has 0 bridgehead atoms. The first-order valence-corrected chi connectivity index (χ1v) is 10.8. The van der Waals surface area contributed by atoms with Crippen molar-refractivity contribution in [2.45, 2.75) is 37.6 Å². The third-order valence-corrected chi connectivity index (χ3v) is 6.96. The maximum Gasteiger partial charge on any atom is 0.270 e. The van der Waals surface area contributed by atoms with Gasteiger partial charge in [-0.05, 0) is 36.5 Å². The van der Waals surface area contributed by atoms with Crippen LogP contribution in [-0.4, -0.2) is 48.2 Å². The van der Waals surface area contributed by atoms with Crippen LogP contribution in [0.5, 0.6) is 0 Å². The number of aryl methyl sites for hydroxylation is 2. The monoisotopic (exact) mass is 389 g/mol. The zero-order valence-corrected chi connectivity index (χ0v) is 17.0. The van der Waals surface area contributed by atoms with E-state index in [0.29, 0.717) is 25.3 Å². The first-order chi connectivity index (χ1) is 12.8. The van der Waals surface area contributed by atoms with Gasteiger partial charge < -0.3 is 9.47 Å². The molecule has 6 nitrogen and oxygen atoms in total. The molecule has 0 radical (unpaired) electrons. The number of aromatic nitrogens is 1. The fourth-order valence-corrected chi connectivity index (χ4v) is 4.98. The number of benzene rings is 1. The predicted octanol–water partition coefficient (Wildman–Crippen LogP) is 2.64. The van der Waals surface area contributed by atoms with Gasteiger partial charge in [-0.15, -0.1) is 0 Å². The van der Waals surface area contributed by atoms with Crippen LogP contribution in [0, 0.1) is 0 Å². The average molecular weight is 390 g/mol. The minimum Gasteiger partial charge on any atom is -0.345 e. The van der Waals surface area contributed by atoms with E-state index in [0.717, 1.165) is 24.8 Å². The van der Waals surface area contributed by atoms with Crippen LogP contribution in [0.25, 0.3) is 0 Å². The normalized spacial score (nSPS) is 15.2. The number of hydrogen-bond donors (Lipinski definition) is 0. The molecule has 0 spiro atoms. The van der Waals surface area contributed by atoms with E-state index in [2.05, 4.69) is 19.1 Å². The van der Waals surface area contributed by atoms with Crippen LogP contribution in [0.1, 0.15) is 41.4 Å². The highest BCUT2D eigenvalue weighted by Gasteiger charge is 2.29. The molecule has 1 fully saturated rings. The van der Waals surface area contributed by atoms with Gasteiger partial charge in [0.25, 0.3) is 5.91 Å². The van der Waals surface area contributed by atoms with Crippen molar-refractivity contribution in [2.24, 2.45) is 7.05 Å². The van der Waals surface area contributed by atoms with Gasteiger partial charge in [-0.3, -0.25) is 4.79 Å². The lowest BCUT2D eigenvalue weighted by molar-refractivity contribution is 0.0775. The Bertz CT molecular complexity index is 910. The predicted molar refractivity (Wildman–Crippen MR) is 105 cm³/mol. The van der Waals surface area contributed by atoms with E-state index in [1.165, 1.54) is 22.1 Å². The Labute approximate surface area is 161 Å². The lowest BCUT2D eigenvalue weighted by Crippen LogP contribution is -2.28. The molecule has 1 aliphatic rings. The first-order valence-electron chi connectivity index (χ1n) is 9.32. The van der Waals surface area contributed by atoms with E-state index < -0.39 is 10.0 Å². The smallest absolute Gasteiger partial charge is 0.270 e. The van der Waals surface area contributed by atoms with Crippen molar-refractivity contribution < 1.29 is 13.2 Å². The Morgan fingerprint density at radius 1 is 1.11 bits per heavy atom. The van der Waals surface area contributed by atoms with E-state index in [1.807, 2.05) is 12.1 Å². The highest BCUT2D eigenvalue weighted by atomic mass is 32.2. The molecule has 146 valence electrons. The van der Waals surface area contributed by atoms with Crippen LogP contribution in [0.2, 0.25) is 0 Å². The van der Waals surface area contributed by atoms with Crippen LogP contribution >= 0.6 is 0 Å². The Morgan fingerprint density at radius 3 is 2.30 bits per heavy atom. The Morgan fingerprint density at radius 2 is 1.70 bits per heavy atom. The van der Waals surface area contributed by atoms with Gasteiger partial charge >= 0.3 is 0 Å². The van der Waals surface area contributed by atoms with Gasteiger partial charge in [0, 0.05) is 39.9 Å². The van der Waals surface area contributed by atoms with Crippen LogP contribution in [-0.2, 0) is 30.0 Å². The van der Waals surface area contributed by atoms with Crippen molar-refractivity contribution in [3.05, 3.63) is 53.3 Å². The summed E-state index contributed by atoms with van der Waals surface area (Å²) in [5, 5.41) is 0. The summed E-state index contributed by atoms with van der Waals surface area (Å²) in [4.78, 5) is 14.7. The molecular formula is C20H27N3O3S. The number of carbonyl (C=O) groups excluding carboxylic acids is 1. The average Bonchev–Trinajstić information content (AvgIpc) is 3.32. The molecule has 3 rings (SSSR count). The standard InChI is InChI=1S/C20H27N3O3S/c1-4-16-7-9-17(10-8-16)14-22(3)20(24)19-13-18(15-21(19)2)27(25,26)23-11-5-6-12-23/h7-10,13,15H,4-6,11-12,14H2,1-3H3. The topological polar surface area (TPSA) is 62.6 Å². The quantitative estimate of drug-likeness (QED) is 0.763. The molecule has 0 unspecified atom stereocenters. The molecule has 0 aliphatic carbocycles. The number of amides is 1. The highest BCUT2D eigenvalue weighted by Crippen LogP contribution is 2.23. The fraction of sp³-hybridized carbons (Fsp3) is 0.450. The lowest BCUT2D eigenvalue weighted by atomic mass is 10.1. The molecular weight excluding hydrogens is 362 g/mol. The minimum atomic E-state index is -3.52. The zero-order valence-electron chi connectivity index (χ0n) is 16.2. The largest absolute Gasteiger partial charge is 0.345 e. The minimum absolute atomic E-state index is 0.191. The molecule has 1 aliphatic heterocycles. The van der Waals surface area contributed by atoms with Gasteiger partial charge in [0.15, 0.2) is 0 Å². The molecule has 1 aromatic carbocycles. The molecule has 7 heteroatoms. The Kier molecular flexibility index (Phi) is 5.72. The number of rotatable bonds is 6. The summed E-state index contributed by atoms with van der Waals surface area (Å²) in [5.41, 5.74) is 2.68. The summed E-state index contributed by atoms with van der Waals surface area (Å²) < 4.78 is 28.6. The van der Waals surface area contributed by atoms with Gasteiger partial charge in [-0.1, -0.05) is 31.2 Å². The number of hydrogen-bond acceptors (Lipinski definition) is 3. The summed E-state index contributed by atoms with van der Waals surface area (Å²) in [6, 6.07) is 9.67. The first kappa shape index (κ1) is 19.6. The molecule has 0 N–H and O–H groups in total. The van der Waals surface area contributed by atoms with Crippen molar-refractivity contribution in [1.29, 1.82) is 0 Å². The summed E-state index contributed by atoms with van der Waals surface area (Å²) in [6.45, 7) is 3.68. The third-order valence-electron chi connectivity index (χ3n) is 5.10. The van der Waals surface area contributed by atoms with E-state index in [9.17, 15) is 13.2 Å². The van der Waals surface area contributed by atoms with E-state index in [4.69, 9.17) is 0 Å². The molecule has 1 saturated heterocycles. The van der Waals surface area contributed by atoms with Crippen LogP contribution in [0.4, 0.5) is 0 Å². The second-order valence-electron chi connectivity index (χ2n) is 7.11. The molecule has 0 saturated carbocycles. The zero-order chi connectivity index (χ0) is 19.6. The van der Waals surface area contributed by atoms with Crippen molar-refractivity contribution in [3.8, 4) is 0 Å². The lowest BCUT2D eigenvalue weighted by Gasteiger charge is -2.18. The maximum atomic E-state index is 12.9. The molecule has 0 atom stereocenters. The maximum absolute atomic E-state index is 12.9. The molecule has 2 heterocycles. The third kappa shape index (κ3) is 4.09. The van der Waals surface area contributed by atoms with Gasteiger partial charge in [0.2, 0.25) is 10.0 Å². The van der Waals surface area contributed by atoms with Gasteiger partial charge in [-0.2, -0.15) is 4.31 Å². The summed E-state index contributed by atoms with van der Waals surface area (Å²) in [6.07, 6.45) is 4.28. The number of nitrogens with zero attached hydrogens (tertiary/aromatic N) is 3. The summed E-state index contributed by atoms with van der Waals surface area (Å²) >= 11 is 0. The number of carbonyl (C=O) groups is 1. The fourth-order valence-electron chi connectivity index (χ4n) is 3.39. The van der Waals surface area contributed by atoms with Crippen LogP contribution in [0.15, 0.2) is 41.4 Å². The second kappa shape index (κ2) is 7.86. The van der Waals surface area contributed by atoms with E-state index in [1.54, 1.807) is 23.6 Å². The summed E-state index contributed by atoms with van der Waals surface area (Å²) in [5.74, 6) is -0.195. The van der Waals surface area contributed by atoms with Crippen molar-refractivity contribution in [1.82, 2.24) is 13.8 Å². The highest BCUT2D eigenvalue weighted by molar-refractivity contribution is 7.89. The molecule has 27 heavy (non-hydrogen) atoms. The van der Waals surface area contributed by atoms with E-state index in [-0.39, 0.29) is 10.8 Å². The summed E-state index contributed by atoms with van der Waals surface area (Å²) in [7, 11) is -0.0821. The molecule has 1 aromatic heterocycles. The second-order valence-corrected chi connectivity index (χ2v) is 9.05. The van der Waals surface area contributed by atoms with Gasteiger partial charge in [-0.25, -0.2) is 8.42 Å². The number of sulfonamides is 1. The van der Waals surface area contributed by atoms with Crippen LogP contribution < -0.4 is 0 Å². The molecule has 1 amide bonds. The van der Waals surface area contributed by atoms with E-state index >= 15 is 0 Å². The van der Waals surface area contributed by atoms with Crippen molar-refractivity contribution in [3.63, 3.8) is 0 Å². The molecule has 2 aromatic rings. The van der Waals surface area contributed by atoms with Gasteiger partial charge in [0.05, 0.1) is 0 Å².